The number of rotatable bonds is 4. The van der Waals surface area contributed by atoms with Gasteiger partial charge in [-0.3, -0.25) is 0 Å². The van der Waals surface area contributed by atoms with Crippen molar-refractivity contribution in [3.05, 3.63) is 120 Å². The molecular formula is C33H36N2O2. The van der Waals surface area contributed by atoms with E-state index in [2.05, 4.69) is 108 Å². The molecule has 1 atom stereocenters. The SMILES string of the molecule is CC(C)(C)OC(=O)N1CCC(N2C(c3ccccc3)=CC(c3ccccc3)=CC2c2ccccc2)CC1. The van der Waals surface area contributed by atoms with Crippen LogP contribution in [0, 0.1) is 0 Å². The molecule has 2 aliphatic rings. The Kier molecular flexibility index (Phi) is 7.18. The van der Waals surface area contributed by atoms with Crippen LogP contribution >= 0.6 is 0 Å². The van der Waals surface area contributed by atoms with Crippen LogP contribution in [0.2, 0.25) is 0 Å². The van der Waals surface area contributed by atoms with E-state index in [1.165, 1.54) is 28.0 Å². The van der Waals surface area contributed by atoms with Crippen LogP contribution < -0.4 is 0 Å². The van der Waals surface area contributed by atoms with E-state index in [1.807, 2.05) is 25.7 Å². The minimum atomic E-state index is -0.485. The van der Waals surface area contributed by atoms with Crippen LogP contribution in [0.25, 0.3) is 11.3 Å². The second kappa shape index (κ2) is 10.7. The van der Waals surface area contributed by atoms with Gasteiger partial charge in [0.15, 0.2) is 0 Å². The van der Waals surface area contributed by atoms with Gasteiger partial charge in [0.05, 0.1) is 6.04 Å². The van der Waals surface area contributed by atoms with Crippen molar-refractivity contribution < 1.29 is 9.53 Å². The van der Waals surface area contributed by atoms with E-state index < -0.39 is 5.60 Å². The van der Waals surface area contributed by atoms with E-state index >= 15 is 0 Å². The predicted octanol–water partition coefficient (Wildman–Crippen LogP) is 7.57. The standard InChI is InChI=1S/C33H36N2O2/c1-33(2,3)37-32(36)34-21-19-29(20-22-34)35-30(26-15-9-5-10-16-26)23-28(25-13-7-4-8-14-25)24-31(35)27-17-11-6-12-18-27/h4-18,23-24,29-30H,19-22H2,1-3H3. The molecular weight excluding hydrogens is 456 g/mol. The number of allylic oxidation sites excluding steroid dienone is 2. The minimum Gasteiger partial charge on any atom is -0.444 e. The molecule has 37 heavy (non-hydrogen) atoms. The van der Waals surface area contributed by atoms with Gasteiger partial charge in [-0.15, -0.1) is 0 Å². The van der Waals surface area contributed by atoms with E-state index in [1.54, 1.807) is 0 Å². The largest absolute Gasteiger partial charge is 0.444 e. The van der Waals surface area contributed by atoms with Gasteiger partial charge in [0.2, 0.25) is 0 Å². The molecule has 2 aliphatic heterocycles. The summed E-state index contributed by atoms with van der Waals surface area (Å²) in [7, 11) is 0. The number of nitrogens with zero attached hydrogens (tertiary/aromatic N) is 2. The average molecular weight is 493 g/mol. The smallest absolute Gasteiger partial charge is 0.410 e. The maximum Gasteiger partial charge on any atom is 0.410 e. The number of hydrogen-bond acceptors (Lipinski definition) is 3. The maximum atomic E-state index is 12.7. The van der Waals surface area contributed by atoms with Crippen LogP contribution in [0.4, 0.5) is 4.79 Å². The summed E-state index contributed by atoms with van der Waals surface area (Å²) < 4.78 is 5.65. The topological polar surface area (TPSA) is 32.8 Å². The van der Waals surface area contributed by atoms with Crippen LogP contribution in [0.3, 0.4) is 0 Å². The van der Waals surface area contributed by atoms with Crippen LogP contribution in [-0.2, 0) is 4.74 Å². The van der Waals surface area contributed by atoms with Crippen molar-refractivity contribution in [1.29, 1.82) is 0 Å². The van der Waals surface area contributed by atoms with Gasteiger partial charge >= 0.3 is 6.09 Å². The highest BCUT2D eigenvalue weighted by molar-refractivity contribution is 5.86. The molecule has 3 aromatic carbocycles. The van der Waals surface area contributed by atoms with Crippen molar-refractivity contribution in [3.63, 3.8) is 0 Å². The molecule has 0 aliphatic carbocycles. The van der Waals surface area contributed by atoms with Gasteiger partial charge in [0, 0.05) is 24.8 Å². The summed E-state index contributed by atoms with van der Waals surface area (Å²) in [5, 5.41) is 0. The highest BCUT2D eigenvalue weighted by Gasteiger charge is 2.35. The Bertz CT molecular complexity index is 1250. The van der Waals surface area contributed by atoms with Gasteiger partial charge < -0.3 is 14.5 Å². The number of ether oxygens (including phenoxy) is 1. The van der Waals surface area contributed by atoms with E-state index in [0.29, 0.717) is 19.1 Å². The first-order chi connectivity index (χ1) is 17.9. The fraction of sp³-hybridized carbons (Fsp3) is 0.303. The Morgan fingerprint density at radius 3 is 1.89 bits per heavy atom. The van der Waals surface area contributed by atoms with Crippen molar-refractivity contribution in [2.75, 3.05) is 13.1 Å². The third-order valence-electron chi connectivity index (χ3n) is 7.03. The molecule has 0 aromatic heterocycles. The van der Waals surface area contributed by atoms with E-state index in [0.717, 1.165) is 12.8 Å². The molecule has 0 radical (unpaired) electrons. The monoisotopic (exact) mass is 492 g/mol. The van der Waals surface area contributed by atoms with Crippen molar-refractivity contribution in [3.8, 4) is 0 Å². The van der Waals surface area contributed by atoms with Gasteiger partial charge in [-0.05, 0) is 68.0 Å². The molecule has 1 fully saturated rings. The lowest BCUT2D eigenvalue weighted by Gasteiger charge is -2.46. The maximum absolute atomic E-state index is 12.7. The molecule has 190 valence electrons. The number of amides is 1. The Hall–Kier alpha value is -3.79. The Labute approximate surface area is 220 Å². The fourth-order valence-corrected chi connectivity index (χ4v) is 5.31. The zero-order valence-corrected chi connectivity index (χ0v) is 22.0. The van der Waals surface area contributed by atoms with Crippen LogP contribution in [0.15, 0.2) is 103 Å². The molecule has 3 aromatic rings. The summed E-state index contributed by atoms with van der Waals surface area (Å²) in [5.74, 6) is 0. The molecule has 2 heterocycles. The van der Waals surface area contributed by atoms with E-state index in [-0.39, 0.29) is 12.1 Å². The minimum absolute atomic E-state index is 0.0923. The van der Waals surface area contributed by atoms with Gasteiger partial charge in [0.25, 0.3) is 0 Å². The lowest BCUT2D eigenvalue weighted by atomic mass is 9.88. The molecule has 5 rings (SSSR count). The fourth-order valence-electron chi connectivity index (χ4n) is 5.31. The lowest BCUT2D eigenvalue weighted by molar-refractivity contribution is 0.0161. The zero-order chi connectivity index (χ0) is 25.8. The van der Waals surface area contributed by atoms with Crippen molar-refractivity contribution in [2.24, 2.45) is 0 Å². The number of benzene rings is 3. The first-order valence-electron chi connectivity index (χ1n) is 13.2. The second-order valence-corrected chi connectivity index (χ2v) is 10.8. The van der Waals surface area contributed by atoms with Gasteiger partial charge in [-0.1, -0.05) is 91.0 Å². The molecule has 0 bridgehead atoms. The summed E-state index contributed by atoms with van der Waals surface area (Å²) in [5.41, 5.74) is 5.67. The lowest BCUT2D eigenvalue weighted by Crippen LogP contribution is -2.48. The Morgan fingerprint density at radius 1 is 0.784 bits per heavy atom. The van der Waals surface area contributed by atoms with Gasteiger partial charge in [-0.2, -0.15) is 0 Å². The molecule has 1 unspecified atom stereocenters. The van der Waals surface area contributed by atoms with Crippen LogP contribution in [0.1, 0.15) is 56.3 Å². The third kappa shape index (κ3) is 5.80. The number of likely N-dealkylation sites (tertiary alicyclic amines) is 1. The predicted molar refractivity (Wildman–Crippen MR) is 151 cm³/mol. The summed E-state index contributed by atoms with van der Waals surface area (Å²) in [6.07, 6.45) is 6.30. The molecule has 0 spiro atoms. The highest BCUT2D eigenvalue weighted by Crippen LogP contribution is 2.42. The Morgan fingerprint density at radius 2 is 1.32 bits per heavy atom. The normalized spacial score (nSPS) is 18.7. The third-order valence-corrected chi connectivity index (χ3v) is 7.03. The first-order valence-corrected chi connectivity index (χ1v) is 13.2. The number of hydrogen-bond donors (Lipinski definition) is 0. The quantitative estimate of drug-likeness (QED) is 0.377. The second-order valence-electron chi connectivity index (χ2n) is 10.8. The summed E-state index contributed by atoms with van der Waals surface area (Å²) >= 11 is 0. The number of carbonyl (C=O) groups excluding carboxylic acids is 1. The van der Waals surface area contributed by atoms with Gasteiger partial charge in [-0.25, -0.2) is 4.79 Å². The average Bonchev–Trinajstić information content (AvgIpc) is 2.93. The van der Waals surface area contributed by atoms with Crippen molar-refractivity contribution in [2.45, 2.75) is 51.3 Å². The number of piperidine rings is 1. The molecule has 0 N–H and O–H groups in total. The molecule has 0 saturated carbocycles. The van der Waals surface area contributed by atoms with E-state index in [9.17, 15) is 4.79 Å². The first kappa shape index (κ1) is 24.9. The van der Waals surface area contributed by atoms with Crippen molar-refractivity contribution in [1.82, 2.24) is 9.80 Å². The summed E-state index contributed by atoms with van der Waals surface area (Å²) in [6, 6.07) is 32.5. The summed E-state index contributed by atoms with van der Waals surface area (Å²) in [6.45, 7) is 7.14. The van der Waals surface area contributed by atoms with Crippen molar-refractivity contribution >= 4 is 17.4 Å². The molecule has 4 heteroatoms. The zero-order valence-electron chi connectivity index (χ0n) is 22.0. The molecule has 1 saturated heterocycles. The number of carbonyl (C=O) groups is 1. The summed E-state index contributed by atoms with van der Waals surface area (Å²) in [4.78, 5) is 17.2. The van der Waals surface area contributed by atoms with Crippen LogP contribution in [-0.4, -0.2) is 40.6 Å². The van der Waals surface area contributed by atoms with Gasteiger partial charge in [0.1, 0.15) is 5.60 Å². The molecule has 4 nitrogen and oxygen atoms in total. The van der Waals surface area contributed by atoms with E-state index in [4.69, 9.17) is 4.74 Å². The molecule has 1 amide bonds. The van der Waals surface area contributed by atoms with Crippen LogP contribution in [0.5, 0.6) is 0 Å². The highest BCUT2D eigenvalue weighted by atomic mass is 16.6. The Balaban J connectivity index is 1.51.